The summed E-state index contributed by atoms with van der Waals surface area (Å²) in [6, 6.07) is 25.1. The fourth-order valence-corrected chi connectivity index (χ4v) is 4.90. The van der Waals surface area contributed by atoms with Gasteiger partial charge < -0.3 is 14.8 Å². The van der Waals surface area contributed by atoms with Crippen molar-refractivity contribution < 1.29 is 44.6 Å². The minimum absolute atomic E-state index is 0.0263. The van der Waals surface area contributed by atoms with Gasteiger partial charge in [-0.1, -0.05) is 78.9 Å². The van der Waals surface area contributed by atoms with Crippen LogP contribution in [0.3, 0.4) is 0 Å². The number of benzene rings is 4. The van der Waals surface area contributed by atoms with Crippen molar-refractivity contribution in [3.05, 3.63) is 131 Å². The van der Waals surface area contributed by atoms with Crippen LogP contribution in [0.2, 0.25) is 0 Å². The predicted molar refractivity (Wildman–Crippen MR) is 145 cm³/mol. The van der Waals surface area contributed by atoms with Crippen LogP contribution in [0.1, 0.15) is 34.7 Å². The van der Waals surface area contributed by atoms with Crippen molar-refractivity contribution in [2.75, 3.05) is 6.54 Å². The lowest BCUT2D eigenvalue weighted by atomic mass is 9.70. The molecule has 0 radical (unpaired) electrons. The highest BCUT2D eigenvalue weighted by molar-refractivity contribution is 5.47. The standard InChI is InChI=1S/C32H27F8NO2/c1-29(33,34)24-15-13-23(14-16-24)20-41-21-30(19-22-7-3-2-4-8-22,25-9-5-11-27(17-25)42-31(35,36)37)26-10-6-12-28(18-26)43-32(38,39)40/h2-18,41H,19-21H2,1H3. The zero-order valence-corrected chi connectivity index (χ0v) is 22.8. The highest BCUT2D eigenvalue weighted by Gasteiger charge is 2.38. The van der Waals surface area contributed by atoms with Crippen molar-refractivity contribution in [1.29, 1.82) is 0 Å². The molecule has 0 aliphatic heterocycles. The summed E-state index contributed by atoms with van der Waals surface area (Å²) in [7, 11) is 0. The summed E-state index contributed by atoms with van der Waals surface area (Å²) in [5, 5.41) is 3.24. The molecule has 0 aliphatic rings. The first-order valence-corrected chi connectivity index (χ1v) is 13.1. The predicted octanol–water partition coefficient (Wildman–Crippen LogP) is 8.91. The molecular formula is C32H27F8NO2. The van der Waals surface area contributed by atoms with E-state index in [0.717, 1.165) is 24.6 Å². The zero-order chi connectivity index (χ0) is 31.3. The van der Waals surface area contributed by atoms with Crippen molar-refractivity contribution in [3.8, 4) is 11.5 Å². The second-order valence-corrected chi connectivity index (χ2v) is 10.1. The lowest BCUT2D eigenvalue weighted by molar-refractivity contribution is -0.275. The van der Waals surface area contributed by atoms with E-state index < -0.39 is 35.6 Å². The van der Waals surface area contributed by atoms with Crippen molar-refractivity contribution in [2.45, 2.75) is 44.0 Å². The first-order chi connectivity index (χ1) is 20.1. The van der Waals surface area contributed by atoms with Gasteiger partial charge in [0.15, 0.2) is 0 Å². The smallest absolute Gasteiger partial charge is 0.406 e. The van der Waals surface area contributed by atoms with Crippen LogP contribution in [0.4, 0.5) is 35.1 Å². The van der Waals surface area contributed by atoms with Crippen LogP contribution in [0, 0.1) is 0 Å². The molecule has 0 saturated heterocycles. The molecule has 4 rings (SSSR count). The maximum Gasteiger partial charge on any atom is 0.573 e. The van der Waals surface area contributed by atoms with Crippen LogP contribution in [0.5, 0.6) is 11.5 Å². The topological polar surface area (TPSA) is 30.5 Å². The molecule has 0 saturated carbocycles. The van der Waals surface area contributed by atoms with E-state index in [2.05, 4.69) is 14.8 Å². The Kier molecular flexibility index (Phi) is 9.34. The highest BCUT2D eigenvalue weighted by atomic mass is 19.4. The molecule has 3 nitrogen and oxygen atoms in total. The second-order valence-electron chi connectivity index (χ2n) is 10.1. The Bertz CT molecular complexity index is 1420. The molecule has 1 N–H and O–H groups in total. The van der Waals surface area contributed by atoms with Gasteiger partial charge in [0, 0.05) is 31.0 Å². The molecular weight excluding hydrogens is 582 g/mol. The average molecular weight is 610 g/mol. The zero-order valence-electron chi connectivity index (χ0n) is 22.8. The molecule has 0 atom stereocenters. The minimum atomic E-state index is -4.97. The number of halogens is 8. The van der Waals surface area contributed by atoms with Crippen LogP contribution >= 0.6 is 0 Å². The van der Waals surface area contributed by atoms with Gasteiger partial charge in [0.1, 0.15) is 11.5 Å². The number of nitrogens with one attached hydrogen (secondary N) is 1. The Balaban J connectivity index is 1.80. The van der Waals surface area contributed by atoms with Crippen LogP contribution in [-0.4, -0.2) is 19.3 Å². The Morgan fingerprint density at radius 1 is 0.558 bits per heavy atom. The highest BCUT2D eigenvalue weighted by Crippen LogP contribution is 2.40. The van der Waals surface area contributed by atoms with E-state index in [1.165, 1.54) is 48.5 Å². The largest absolute Gasteiger partial charge is 0.573 e. The van der Waals surface area contributed by atoms with Gasteiger partial charge in [-0.2, -0.15) is 0 Å². The van der Waals surface area contributed by atoms with Crippen LogP contribution in [0.25, 0.3) is 0 Å². The van der Waals surface area contributed by atoms with Crippen molar-refractivity contribution in [1.82, 2.24) is 5.32 Å². The quantitative estimate of drug-likeness (QED) is 0.172. The summed E-state index contributed by atoms with van der Waals surface area (Å²) in [6.45, 7) is 0.980. The van der Waals surface area contributed by atoms with E-state index in [1.54, 1.807) is 42.5 Å². The van der Waals surface area contributed by atoms with E-state index in [0.29, 0.717) is 16.7 Å². The van der Waals surface area contributed by atoms with Gasteiger partial charge in [0.2, 0.25) is 0 Å². The van der Waals surface area contributed by atoms with Crippen molar-refractivity contribution >= 4 is 0 Å². The summed E-state index contributed by atoms with van der Waals surface area (Å²) in [4.78, 5) is 0. The van der Waals surface area contributed by atoms with Gasteiger partial charge in [-0.15, -0.1) is 26.3 Å². The number of alkyl halides is 8. The minimum Gasteiger partial charge on any atom is -0.406 e. The SMILES string of the molecule is CC(F)(F)c1ccc(CNCC(Cc2ccccc2)(c2cccc(OC(F)(F)F)c2)c2cccc(OC(F)(F)F)c2)cc1. The van der Waals surface area contributed by atoms with Gasteiger partial charge in [0.25, 0.3) is 5.92 Å². The normalized spacial score (nSPS) is 12.7. The lowest BCUT2D eigenvalue weighted by Crippen LogP contribution is -2.41. The third-order valence-corrected chi connectivity index (χ3v) is 6.81. The molecule has 11 heteroatoms. The van der Waals surface area contributed by atoms with Gasteiger partial charge in [-0.25, -0.2) is 8.78 Å². The summed E-state index contributed by atoms with van der Waals surface area (Å²) in [5.74, 6) is -4.02. The molecule has 0 amide bonds. The average Bonchev–Trinajstić information content (AvgIpc) is 2.91. The lowest BCUT2D eigenvalue weighted by Gasteiger charge is -2.36. The molecule has 228 valence electrons. The van der Waals surface area contributed by atoms with E-state index in [-0.39, 0.29) is 25.1 Å². The maximum atomic E-state index is 13.7. The molecule has 0 unspecified atom stereocenters. The van der Waals surface area contributed by atoms with Gasteiger partial charge in [-0.05, 0) is 52.9 Å². The fraction of sp³-hybridized carbons (Fsp3) is 0.250. The molecule has 0 fully saturated rings. The van der Waals surface area contributed by atoms with E-state index in [9.17, 15) is 35.1 Å². The van der Waals surface area contributed by atoms with Gasteiger partial charge >= 0.3 is 12.7 Å². The molecule has 43 heavy (non-hydrogen) atoms. The first-order valence-electron chi connectivity index (χ1n) is 13.1. The molecule has 0 spiro atoms. The van der Waals surface area contributed by atoms with Crippen LogP contribution < -0.4 is 14.8 Å². The van der Waals surface area contributed by atoms with E-state index in [1.807, 2.05) is 0 Å². The van der Waals surface area contributed by atoms with E-state index >= 15 is 0 Å². The molecule has 0 aliphatic carbocycles. The van der Waals surface area contributed by atoms with Crippen molar-refractivity contribution in [2.24, 2.45) is 0 Å². The van der Waals surface area contributed by atoms with Gasteiger partial charge in [0.05, 0.1) is 0 Å². The monoisotopic (exact) mass is 609 g/mol. The number of ether oxygens (including phenoxy) is 2. The third-order valence-electron chi connectivity index (χ3n) is 6.81. The van der Waals surface area contributed by atoms with Crippen molar-refractivity contribution in [3.63, 3.8) is 0 Å². The molecule has 0 heterocycles. The second kappa shape index (κ2) is 12.6. The van der Waals surface area contributed by atoms with Crippen LogP contribution in [-0.2, 0) is 24.3 Å². The Hall–Kier alpha value is -4.12. The first kappa shape index (κ1) is 31.8. The summed E-state index contributed by atoms with van der Waals surface area (Å²) in [6.07, 6.45) is -9.78. The number of hydrogen-bond acceptors (Lipinski definition) is 3. The maximum absolute atomic E-state index is 13.7. The van der Waals surface area contributed by atoms with Crippen LogP contribution in [0.15, 0.2) is 103 Å². The van der Waals surface area contributed by atoms with E-state index in [4.69, 9.17) is 0 Å². The summed E-state index contributed by atoms with van der Waals surface area (Å²) < 4.78 is 115. The Labute approximate surface area is 243 Å². The molecule has 0 bridgehead atoms. The number of rotatable bonds is 11. The molecule has 4 aromatic rings. The van der Waals surface area contributed by atoms with Gasteiger partial charge in [-0.3, -0.25) is 0 Å². The Morgan fingerprint density at radius 3 is 1.53 bits per heavy atom. The fourth-order valence-electron chi connectivity index (χ4n) is 4.90. The summed E-state index contributed by atoms with van der Waals surface area (Å²) >= 11 is 0. The third kappa shape index (κ3) is 8.93. The molecule has 0 aromatic heterocycles. The summed E-state index contributed by atoms with van der Waals surface area (Å²) in [5.41, 5.74) is 0.644. The Morgan fingerprint density at radius 2 is 1.07 bits per heavy atom. The molecule has 4 aromatic carbocycles. The number of hydrogen-bond donors (Lipinski definition) is 1.